The van der Waals surface area contributed by atoms with Gasteiger partial charge in [-0.3, -0.25) is 4.99 Å². The first-order valence-corrected chi connectivity index (χ1v) is 7.41. The Labute approximate surface area is 121 Å². The van der Waals surface area contributed by atoms with E-state index in [2.05, 4.69) is 35.1 Å². The van der Waals surface area contributed by atoms with Crippen molar-refractivity contribution < 1.29 is 0 Å². The van der Waals surface area contributed by atoms with E-state index >= 15 is 0 Å². The molecule has 0 aromatic heterocycles. The zero-order valence-electron chi connectivity index (χ0n) is 12.3. The normalized spacial score (nSPS) is 23.2. The molecule has 2 aliphatic rings. The molecule has 0 radical (unpaired) electrons. The van der Waals surface area contributed by atoms with Crippen molar-refractivity contribution in [3.63, 3.8) is 0 Å². The van der Waals surface area contributed by atoms with Gasteiger partial charge >= 0.3 is 0 Å². The summed E-state index contributed by atoms with van der Waals surface area (Å²) in [4.78, 5) is 6.49. The van der Waals surface area contributed by atoms with Crippen LogP contribution in [0.1, 0.15) is 24.0 Å². The molecule has 1 saturated carbocycles. The zero-order valence-corrected chi connectivity index (χ0v) is 12.3. The summed E-state index contributed by atoms with van der Waals surface area (Å²) < 4.78 is 0. The van der Waals surface area contributed by atoms with Crippen LogP contribution in [-0.4, -0.2) is 26.9 Å². The van der Waals surface area contributed by atoms with E-state index in [-0.39, 0.29) is 0 Å². The second-order valence-electron chi connectivity index (χ2n) is 6.03. The fraction of sp³-hybridized carbons (Fsp3) is 0.471. The topological polar surface area (TPSA) is 41.6 Å². The lowest BCUT2D eigenvalue weighted by Crippen LogP contribution is -2.33. The smallest absolute Gasteiger partial charge is 0.0396 e. The highest BCUT2D eigenvalue weighted by Crippen LogP contribution is 2.43. The third-order valence-electron chi connectivity index (χ3n) is 4.55. The molecule has 1 heterocycles. The van der Waals surface area contributed by atoms with Gasteiger partial charge in [-0.05, 0) is 54.4 Å². The maximum atomic E-state index is 5.72. The van der Waals surface area contributed by atoms with Gasteiger partial charge in [0, 0.05) is 44.3 Å². The summed E-state index contributed by atoms with van der Waals surface area (Å²) in [5.41, 5.74) is 10.7. The van der Waals surface area contributed by atoms with Crippen LogP contribution >= 0.6 is 0 Å². The van der Waals surface area contributed by atoms with E-state index in [9.17, 15) is 0 Å². The van der Waals surface area contributed by atoms with Crippen LogP contribution in [0.25, 0.3) is 5.57 Å². The Morgan fingerprint density at radius 3 is 2.80 bits per heavy atom. The first kappa shape index (κ1) is 13.2. The van der Waals surface area contributed by atoms with Crippen molar-refractivity contribution in [2.75, 3.05) is 25.5 Å². The largest absolute Gasteiger partial charge is 0.404 e. The van der Waals surface area contributed by atoms with Crippen LogP contribution < -0.4 is 10.6 Å². The lowest BCUT2D eigenvalue weighted by Gasteiger charge is -2.34. The molecule has 1 aliphatic carbocycles. The van der Waals surface area contributed by atoms with Gasteiger partial charge in [-0.2, -0.15) is 0 Å². The molecule has 20 heavy (non-hydrogen) atoms. The number of nitrogens with two attached hydrogens (primary N) is 1. The van der Waals surface area contributed by atoms with Crippen molar-refractivity contribution in [2.45, 2.75) is 19.3 Å². The second-order valence-corrected chi connectivity index (χ2v) is 6.03. The standard InChI is InChI=1S/C17H23N3/c1-19-10-16(9-18)13-5-6-17-14(7-13)8-15(11-20(17)2)12-3-4-12/h5-7,9-10,12,15H,3-4,8,11,18H2,1-2H3. The van der Waals surface area contributed by atoms with Gasteiger partial charge in [0.25, 0.3) is 0 Å². The van der Waals surface area contributed by atoms with Crippen LogP contribution in [0.5, 0.6) is 0 Å². The summed E-state index contributed by atoms with van der Waals surface area (Å²) in [6, 6.07) is 6.66. The molecule has 106 valence electrons. The number of nitrogens with zero attached hydrogens (tertiary/aromatic N) is 2. The SMILES string of the molecule is CN=CC(=CN)c1ccc2c(c1)CC(C1CC1)CN2C. The van der Waals surface area contributed by atoms with Crippen LogP contribution in [0.2, 0.25) is 0 Å². The van der Waals surface area contributed by atoms with Crippen molar-refractivity contribution in [3.05, 3.63) is 35.5 Å². The molecular weight excluding hydrogens is 246 g/mol. The molecule has 1 aliphatic heterocycles. The number of hydrogen-bond acceptors (Lipinski definition) is 3. The summed E-state index contributed by atoms with van der Waals surface area (Å²) in [5.74, 6) is 1.78. The van der Waals surface area contributed by atoms with E-state index in [1.807, 2.05) is 6.21 Å². The average Bonchev–Trinajstić information content (AvgIpc) is 3.28. The summed E-state index contributed by atoms with van der Waals surface area (Å²) in [7, 11) is 3.99. The van der Waals surface area contributed by atoms with Gasteiger partial charge in [-0.15, -0.1) is 0 Å². The first-order valence-electron chi connectivity index (χ1n) is 7.41. The Morgan fingerprint density at radius 2 is 2.15 bits per heavy atom. The molecule has 0 bridgehead atoms. The molecule has 0 spiro atoms. The van der Waals surface area contributed by atoms with Gasteiger partial charge < -0.3 is 10.6 Å². The Hall–Kier alpha value is -1.77. The summed E-state index contributed by atoms with van der Waals surface area (Å²) in [6.07, 6.45) is 7.51. The third-order valence-corrected chi connectivity index (χ3v) is 4.55. The molecule has 1 aromatic carbocycles. The Bertz CT molecular complexity index is 555. The Morgan fingerprint density at radius 1 is 1.35 bits per heavy atom. The van der Waals surface area contributed by atoms with Gasteiger partial charge in [0.05, 0.1) is 0 Å². The molecule has 3 nitrogen and oxygen atoms in total. The van der Waals surface area contributed by atoms with Crippen LogP contribution in [0.15, 0.2) is 29.4 Å². The lowest BCUT2D eigenvalue weighted by molar-refractivity contribution is 0.446. The van der Waals surface area contributed by atoms with Gasteiger partial charge in [0.2, 0.25) is 0 Å². The van der Waals surface area contributed by atoms with Gasteiger partial charge in [0.15, 0.2) is 0 Å². The van der Waals surface area contributed by atoms with Crippen molar-refractivity contribution in [1.82, 2.24) is 0 Å². The Balaban J connectivity index is 1.93. The summed E-state index contributed by atoms with van der Waals surface area (Å²) in [6.45, 7) is 1.20. The van der Waals surface area contributed by atoms with E-state index < -0.39 is 0 Å². The number of benzene rings is 1. The monoisotopic (exact) mass is 269 g/mol. The highest BCUT2D eigenvalue weighted by molar-refractivity contribution is 6.09. The highest BCUT2D eigenvalue weighted by atomic mass is 15.1. The zero-order chi connectivity index (χ0) is 14.1. The van der Waals surface area contributed by atoms with Gasteiger partial charge in [0.1, 0.15) is 0 Å². The summed E-state index contributed by atoms with van der Waals surface area (Å²) >= 11 is 0. The molecule has 1 unspecified atom stereocenters. The minimum absolute atomic E-state index is 0.827. The molecular formula is C17H23N3. The van der Waals surface area contributed by atoms with Gasteiger partial charge in [-0.25, -0.2) is 0 Å². The van der Waals surface area contributed by atoms with Crippen molar-refractivity contribution in [2.24, 2.45) is 22.6 Å². The Kier molecular flexibility index (Phi) is 3.51. The minimum atomic E-state index is 0.827. The maximum Gasteiger partial charge on any atom is 0.0396 e. The molecule has 1 aromatic rings. The van der Waals surface area contributed by atoms with E-state index in [0.717, 1.165) is 17.4 Å². The lowest BCUT2D eigenvalue weighted by atomic mass is 9.88. The van der Waals surface area contributed by atoms with E-state index in [4.69, 9.17) is 5.73 Å². The third kappa shape index (κ3) is 2.45. The minimum Gasteiger partial charge on any atom is -0.404 e. The first-order chi connectivity index (χ1) is 9.72. The van der Waals surface area contributed by atoms with Crippen molar-refractivity contribution >= 4 is 17.5 Å². The predicted octanol–water partition coefficient (Wildman–Crippen LogP) is 2.71. The fourth-order valence-corrected chi connectivity index (χ4v) is 3.33. The van der Waals surface area contributed by atoms with Crippen LogP contribution in [0, 0.1) is 11.8 Å². The molecule has 0 saturated heterocycles. The summed E-state index contributed by atoms with van der Waals surface area (Å²) in [5, 5.41) is 0. The van der Waals surface area contributed by atoms with Crippen molar-refractivity contribution in [3.8, 4) is 0 Å². The quantitative estimate of drug-likeness (QED) is 0.857. The van der Waals surface area contributed by atoms with Crippen molar-refractivity contribution in [1.29, 1.82) is 0 Å². The number of anilines is 1. The fourth-order valence-electron chi connectivity index (χ4n) is 3.33. The second kappa shape index (κ2) is 5.31. The van der Waals surface area contributed by atoms with E-state index in [1.54, 1.807) is 13.2 Å². The van der Waals surface area contributed by atoms with E-state index in [1.165, 1.54) is 42.6 Å². The molecule has 1 atom stereocenters. The molecule has 3 heteroatoms. The molecule has 1 fully saturated rings. The predicted molar refractivity (Wildman–Crippen MR) is 86.2 cm³/mol. The molecule has 3 rings (SSSR count). The van der Waals surface area contributed by atoms with Crippen LogP contribution in [0.4, 0.5) is 5.69 Å². The van der Waals surface area contributed by atoms with E-state index in [0.29, 0.717) is 0 Å². The molecule has 2 N–H and O–H groups in total. The van der Waals surface area contributed by atoms with Gasteiger partial charge in [-0.1, -0.05) is 6.07 Å². The number of hydrogen-bond donors (Lipinski definition) is 1. The highest BCUT2D eigenvalue weighted by Gasteiger charge is 2.35. The maximum absolute atomic E-state index is 5.72. The number of allylic oxidation sites excluding steroid dienone is 1. The molecule has 0 amide bonds. The number of fused-ring (bicyclic) bond motifs is 1. The average molecular weight is 269 g/mol. The number of rotatable bonds is 3. The number of aliphatic imine (C=N–C) groups is 1. The van der Waals surface area contributed by atoms with Crippen LogP contribution in [-0.2, 0) is 6.42 Å². The van der Waals surface area contributed by atoms with Crippen LogP contribution in [0.3, 0.4) is 0 Å².